The molecule has 5 rings (SSSR count). The maximum absolute atomic E-state index is 4.62. The summed E-state index contributed by atoms with van der Waals surface area (Å²) >= 11 is 1.66. The Morgan fingerprint density at radius 2 is 1.80 bits per heavy atom. The minimum absolute atomic E-state index is 0.617. The van der Waals surface area contributed by atoms with Gasteiger partial charge in [0.1, 0.15) is 6.33 Å². The number of hydrogen-bond acceptors (Lipinski definition) is 7. The Balaban J connectivity index is 1.33. The Kier molecular flexibility index (Phi) is 5.10. The lowest BCUT2D eigenvalue weighted by molar-refractivity contribution is 0.209. The van der Waals surface area contributed by atoms with Crippen LogP contribution in [0.25, 0.3) is 16.9 Å². The molecule has 1 aliphatic rings. The van der Waals surface area contributed by atoms with Crippen LogP contribution in [0.3, 0.4) is 0 Å². The Hall–Kier alpha value is -2.97. The number of anilines is 3. The van der Waals surface area contributed by atoms with E-state index in [2.05, 4.69) is 85.1 Å². The maximum atomic E-state index is 4.62. The molecule has 0 unspecified atom stereocenters. The monoisotopic (exact) mass is 419 g/mol. The molecule has 8 heteroatoms. The van der Waals surface area contributed by atoms with E-state index in [4.69, 9.17) is 0 Å². The van der Waals surface area contributed by atoms with Gasteiger partial charge in [-0.25, -0.2) is 14.5 Å². The number of hydrogen-bond donors (Lipinski definition) is 1. The van der Waals surface area contributed by atoms with Gasteiger partial charge >= 0.3 is 0 Å². The van der Waals surface area contributed by atoms with Crippen molar-refractivity contribution in [3.63, 3.8) is 0 Å². The lowest BCUT2D eigenvalue weighted by atomic mass is 10.2. The van der Waals surface area contributed by atoms with E-state index < -0.39 is 0 Å². The van der Waals surface area contributed by atoms with Crippen LogP contribution < -0.4 is 10.2 Å². The molecule has 0 radical (unpaired) electrons. The predicted octanol–water partition coefficient (Wildman–Crippen LogP) is 4.13. The van der Waals surface area contributed by atoms with E-state index in [9.17, 15) is 0 Å². The van der Waals surface area contributed by atoms with E-state index in [-0.39, 0.29) is 0 Å². The molecule has 1 aromatic carbocycles. The summed E-state index contributed by atoms with van der Waals surface area (Å²) in [5, 5.41) is 11.9. The van der Waals surface area contributed by atoms with Gasteiger partial charge in [-0.05, 0) is 49.6 Å². The summed E-state index contributed by atoms with van der Waals surface area (Å²) in [5.74, 6) is 0.699. The second-order valence-corrected chi connectivity index (χ2v) is 8.57. The van der Waals surface area contributed by atoms with Crippen LogP contribution in [0.1, 0.15) is 13.8 Å². The molecule has 7 nitrogen and oxygen atoms in total. The molecule has 1 saturated heterocycles. The minimum atomic E-state index is 0.617. The fourth-order valence-corrected chi connectivity index (χ4v) is 4.55. The van der Waals surface area contributed by atoms with Crippen molar-refractivity contribution in [3.05, 3.63) is 53.6 Å². The number of nitrogens with zero attached hydrogens (tertiary/aromatic N) is 6. The van der Waals surface area contributed by atoms with Crippen LogP contribution in [0.5, 0.6) is 0 Å². The zero-order valence-electron chi connectivity index (χ0n) is 17.2. The predicted molar refractivity (Wildman–Crippen MR) is 123 cm³/mol. The van der Waals surface area contributed by atoms with Crippen molar-refractivity contribution in [2.24, 2.45) is 0 Å². The van der Waals surface area contributed by atoms with Gasteiger partial charge < -0.3 is 10.2 Å². The topological polar surface area (TPSA) is 61.6 Å². The van der Waals surface area contributed by atoms with Crippen molar-refractivity contribution in [2.45, 2.75) is 19.9 Å². The van der Waals surface area contributed by atoms with Gasteiger partial charge in [0, 0.05) is 54.5 Å². The van der Waals surface area contributed by atoms with Crippen molar-refractivity contribution in [2.75, 3.05) is 36.4 Å². The Morgan fingerprint density at radius 3 is 2.50 bits per heavy atom. The molecule has 0 aliphatic carbocycles. The normalized spacial score (nSPS) is 15.2. The first-order valence-corrected chi connectivity index (χ1v) is 11.2. The van der Waals surface area contributed by atoms with Crippen molar-refractivity contribution < 1.29 is 0 Å². The van der Waals surface area contributed by atoms with Crippen LogP contribution in [0.2, 0.25) is 0 Å². The number of fused-ring (bicyclic) bond motifs is 1. The van der Waals surface area contributed by atoms with Gasteiger partial charge in [0.25, 0.3) is 0 Å². The van der Waals surface area contributed by atoms with Crippen molar-refractivity contribution in [1.29, 1.82) is 0 Å². The van der Waals surface area contributed by atoms with Crippen LogP contribution in [0.15, 0.2) is 53.6 Å². The Morgan fingerprint density at radius 1 is 1.00 bits per heavy atom. The second kappa shape index (κ2) is 8.04. The largest absolute Gasteiger partial charge is 0.369 e. The molecule has 4 heterocycles. The van der Waals surface area contributed by atoms with E-state index in [1.54, 1.807) is 17.7 Å². The molecule has 0 saturated carbocycles. The summed E-state index contributed by atoms with van der Waals surface area (Å²) in [6, 6.07) is 11.2. The average Bonchev–Trinajstić information content (AvgIpc) is 3.47. The van der Waals surface area contributed by atoms with Crippen molar-refractivity contribution in [3.8, 4) is 11.3 Å². The molecule has 154 valence electrons. The lowest BCUT2D eigenvalue weighted by Gasteiger charge is -2.38. The summed E-state index contributed by atoms with van der Waals surface area (Å²) < 4.78 is 1.83. The van der Waals surface area contributed by atoms with Gasteiger partial charge in [0.15, 0.2) is 11.5 Å². The highest BCUT2D eigenvalue weighted by atomic mass is 32.1. The standard InChI is InChI=1S/C22H25N7S/c1-16(2)27-8-10-28(11-9-27)19-5-3-18(4-6-19)26-21-22-24-15-25-29(22)20(13-23-21)17-7-12-30-14-17/h3-7,12-16H,8-11H2,1-2H3,(H,23,26). The molecule has 0 bridgehead atoms. The number of rotatable bonds is 5. The van der Waals surface area contributed by atoms with Crippen LogP contribution in [0.4, 0.5) is 17.2 Å². The fourth-order valence-electron chi connectivity index (χ4n) is 3.90. The molecule has 0 amide bonds. The van der Waals surface area contributed by atoms with E-state index >= 15 is 0 Å². The Labute approximate surface area is 180 Å². The lowest BCUT2D eigenvalue weighted by Crippen LogP contribution is -2.48. The molecule has 1 N–H and O–H groups in total. The number of piperazine rings is 1. The first-order chi connectivity index (χ1) is 14.7. The molecule has 1 aliphatic heterocycles. The maximum Gasteiger partial charge on any atom is 0.199 e. The van der Waals surface area contributed by atoms with Crippen molar-refractivity contribution >= 4 is 34.2 Å². The summed E-state index contributed by atoms with van der Waals surface area (Å²) in [5.41, 5.74) is 4.99. The second-order valence-electron chi connectivity index (χ2n) is 7.79. The third-order valence-electron chi connectivity index (χ3n) is 5.66. The van der Waals surface area contributed by atoms with Crippen LogP contribution in [-0.4, -0.2) is 56.7 Å². The highest BCUT2D eigenvalue weighted by Crippen LogP contribution is 2.27. The zero-order valence-corrected chi connectivity index (χ0v) is 18.0. The van der Waals surface area contributed by atoms with Gasteiger partial charge in [-0.1, -0.05) is 0 Å². The summed E-state index contributed by atoms with van der Waals surface area (Å²) in [6.07, 6.45) is 3.41. The molecule has 1 fully saturated rings. The number of aromatic nitrogens is 4. The molecule has 3 aromatic heterocycles. The molecule has 4 aromatic rings. The first kappa shape index (κ1) is 19.0. The molecule has 30 heavy (non-hydrogen) atoms. The number of nitrogens with one attached hydrogen (secondary N) is 1. The van der Waals surface area contributed by atoms with Crippen LogP contribution in [0, 0.1) is 0 Å². The summed E-state index contributed by atoms with van der Waals surface area (Å²) in [7, 11) is 0. The first-order valence-electron chi connectivity index (χ1n) is 10.3. The zero-order chi connectivity index (χ0) is 20.5. The molecule has 0 spiro atoms. The van der Waals surface area contributed by atoms with E-state index in [1.165, 1.54) is 5.69 Å². The van der Waals surface area contributed by atoms with E-state index in [0.29, 0.717) is 17.5 Å². The van der Waals surface area contributed by atoms with E-state index in [0.717, 1.165) is 43.1 Å². The van der Waals surface area contributed by atoms with Gasteiger partial charge in [-0.3, -0.25) is 4.90 Å². The quantitative estimate of drug-likeness (QED) is 0.525. The van der Waals surface area contributed by atoms with Crippen LogP contribution >= 0.6 is 11.3 Å². The molecular weight excluding hydrogens is 394 g/mol. The Bertz CT molecular complexity index is 1110. The minimum Gasteiger partial charge on any atom is -0.369 e. The van der Waals surface area contributed by atoms with Gasteiger partial charge in [0.05, 0.1) is 11.9 Å². The highest BCUT2D eigenvalue weighted by Gasteiger charge is 2.19. The van der Waals surface area contributed by atoms with E-state index in [1.807, 2.05) is 10.7 Å². The van der Waals surface area contributed by atoms with Gasteiger partial charge in [0.2, 0.25) is 0 Å². The smallest absolute Gasteiger partial charge is 0.199 e. The average molecular weight is 420 g/mol. The van der Waals surface area contributed by atoms with Gasteiger partial charge in [-0.15, -0.1) is 0 Å². The SMILES string of the molecule is CC(C)N1CCN(c2ccc(Nc3ncc(-c4ccsc4)n4ncnc34)cc2)CC1. The molecule has 0 atom stereocenters. The fraction of sp³-hybridized carbons (Fsp3) is 0.318. The summed E-state index contributed by atoms with van der Waals surface area (Å²) in [4.78, 5) is 14.0. The third-order valence-corrected chi connectivity index (χ3v) is 6.34. The third kappa shape index (κ3) is 3.64. The molecular formula is C22H25N7S. The summed E-state index contributed by atoms with van der Waals surface area (Å²) in [6.45, 7) is 8.90. The van der Waals surface area contributed by atoms with Crippen molar-refractivity contribution in [1.82, 2.24) is 24.5 Å². The van der Waals surface area contributed by atoms with Crippen LogP contribution in [-0.2, 0) is 0 Å². The number of thiophene rings is 1. The number of benzene rings is 1. The van der Waals surface area contributed by atoms with Gasteiger partial charge in [-0.2, -0.15) is 16.4 Å². The highest BCUT2D eigenvalue weighted by molar-refractivity contribution is 7.08.